The predicted molar refractivity (Wildman–Crippen MR) is 49.6 cm³/mol. The fourth-order valence-electron chi connectivity index (χ4n) is 0.817. The van der Waals surface area contributed by atoms with Gasteiger partial charge in [-0.2, -0.15) is 10.2 Å². The summed E-state index contributed by atoms with van der Waals surface area (Å²) in [5, 5.41) is 26.1. The fraction of sp³-hybridized carbons (Fsp3) is 0.250. The maximum atomic E-state index is 10.3. The van der Waals surface area contributed by atoms with Crippen molar-refractivity contribution in [2.24, 2.45) is 10.2 Å². The second-order valence-electron chi connectivity index (χ2n) is 2.46. The molecule has 1 aromatic rings. The van der Waals surface area contributed by atoms with Gasteiger partial charge in [0.2, 0.25) is 0 Å². The average Bonchev–Trinajstić information content (AvgIpc) is 2.19. The first kappa shape index (κ1) is 10.3. The van der Waals surface area contributed by atoms with Gasteiger partial charge in [0.15, 0.2) is 0 Å². The highest BCUT2D eigenvalue weighted by molar-refractivity contribution is 5.43. The van der Waals surface area contributed by atoms with Crippen LogP contribution in [0.3, 0.4) is 0 Å². The lowest BCUT2D eigenvalue weighted by atomic mass is 10.3. The molecule has 0 fully saturated rings. The highest BCUT2D eigenvalue weighted by atomic mass is 16.6. The third kappa shape index (κ3) is 2.91. The number of aliphatic hydroxyl groups is 1. The molecule has 0 atom stereocenters. The van der Waals surface area contributed by atoms with Gasteiger partial charge in [0, 0.05) is 12.1 Å². The highest BCUT2D eigenvalue weighted by Gasteiger charge is 2.02. The van der Waals surface area contributed by atoms with Crippen LogP contribution in [0.1, 0.15) is 0 Å². The summed E-state index contributed by atoms with van der Waals surface area (Å²) in [6, 6.07) is 5.71. The summed E-state index contributed by atoms with van der Waals surface area (Å²) in [6.07, 6.45) is 0. The third-order valence-electron chi connectivity index (χ3n) is 1.45. The van der Waals surface area contributed by atoms with Crippen molar-refractivity contribution in [2.45, 2.75) is 0 Å². The minimum absolute atomic E-state index is 0.0195. The number of non-ortho nitro benzene ring substituents is 1. The number of aliphatic hydroxyl groups excluding tert-OH is 1. The predicted octanol–water partition coefficient (Wildman–Crippen LogP) is 1.67. The van der Waals surface area contributed by atoms with E-state index in [0.29, 0.717) is 5.69 Å². The first-order valence-corrected chi connectivity index (χ1v) is 3.97. The second-order valence-corrected chi connectivity index (χ2v) is 2.46. The van der Waals surface area contributed by atoms with Crippen LogP contribution in [0.2, 0.25) is 0 Å². The van der Waals surface area contributed by atoms with Gasteiger partial charge in [-0.15, -0.1) is 0 Å². The minimum atomic E-state index is -0.478. The summed E-state index contributed by atoms with van der Waals surface area (Å²) >= 11 is 0. The molecule has 1 aromatic carbocycles. The van der Waals surface area contributed by atoms with Gasteiger partial charge in [-0.3, -0.25) is 10.1 Å². The molecular formula is C8H9N3O3. The van der Waals surface area contributed by atoms with Crippen molar-refractivity contribution in [3.63, 3.8) is 0 Å². The largest absolute Gasteiger partial charge is 0.394 e. The molecule has 0 spiro atoms. The second kappa shape index (κ2) is 5.03. The Hall–Kier alpha value is -1.82. The van der Waals surface area contributed by atoms with Gasteiger partial charge in [0.1, 0.15) is 0 Å². The van der Waals surface area contributed by atoms with E-state index in [4.69, 9.17) is 5.11 Å². The summed E-state index contributed by atoms with van der Waals surface area (Å²) in [5.41, 5.74) is 0.551. The minimum Gasteiger partial charge on any atom is -0.394 e. The van der Waals surface area contributed by atoms with E-state index < -0.39 is 4.92 Å². The van der Waals surface area contributed by atoms with Gasteiger partial charge in [-0.25, -0.2) is 0 Å². The topological polar surface area (TPSA) is 88.1 Å². The van der Waals surface area contributed by atoms with E-state index in [2.05, 4.69) is 10.2 Å². The molecule has 0 aliphatic rings. The van der Waals surface area contributed by atoms with Crippen molar-refractivity contribution in [2.75, 3.05) is 13.2 Å². The van der Waals surface area contributed by atoms with Crippen LogP contribution in [0.4, 0.5) is 11.4 Å². The molecule has 0 saturated carbocycles. The molecule has 0 heterocycles. The number of hydrogen-bond donors (Lipinski definition) is 1. The van der Waals surface area contributed by atoms with Crippen molar-refractivity contribution >= 4 is 11.4 Å². The van der Waals surface area contributed by atoms with Crippen LogP contribution in [0.5, 0.6) is 0 Å². The monoisotopic (exact) mass is 195 g/mol. The van der Waals surface area contributed by atoms with Gasteiger partial charge in [-0.1, -0.05) is 0 Å². The molecule has 0 radical (unpaired) electrons. The number of hydrogen-bond acceptors (Lipinski definition) is 5. The van der Waals surface area contributed by atoms with E-state index in [1.807, 2.05) is 0 Å². The molecule has 6 nitrogen and oxygen atoms in total. The molecule has 0 aliphatic heterocycles. The lowest BCUT2D eigenvalue weighted by Crippen LogP contribution is -1.86. The molecule has 74 valence electrons. The van der Waals surface area contributed by atoms with Gasteiger partial charge in [0.25, 0.3) is 5.69 Å². The van der Waals surface area contributed by atoms with E-state index in [9.17, 15) is 10.1 Å². The summed E-state index contributed by atoms with van der Waals surface area (Å²) in [5.74, 6) is 0. The molecule has 0 bridgehead atoms. The number of nitro benzene ring substituents is 1. The van der Waals surface area contributed by atoms with Crippen molar-refractivity contribution in [3.8, 4) is 0 Å². The molecule has 0 saturated heterocycles. The quantitative estimate of drug-likeness (QED) is 0.450. The average molecular weight is 195 g/mol. The maximum absolute atomic E-state index is 10.3. The van der Waals surface area contributed by atoms with Crippen LogP contribution in [0.25, 0.3) is 0 Å². The molecule has 6 heteroatoms. The van der Waals surface area contributed by atoms with Gasteiger partial charge < -0.3 is 5.11 Å². The number of nitro groups is 1. The lowest BCUT2D eigenvalue weighted by Gasteiger charge is -1.92. The Balaban J connectivity index is 2.68. The van der Waals surface area contributed by atoms with E-state index in [-0.39, 0.29) is 18.8 Å². The summed E-state index contributed by atoms with van der Waals surface area (Å²) in [6.45, 7) is 0.174. The van der Waals surface area contributed by atoms with Crippen molar-refractivity contribution in [1.82, 2.24) is 0 Å². The van der Waals surface area contributed by atoms with Crippen LogP contribution in [-0.2, 0) is 0 Å². The Morgan fingerprint density at radius 2 is 2.00 bits per heavy atom. The van der Waals surface area contributed by atoms with Crippen LogP contribution < -0.4 is 0 Å². The van der Waals surface area contributed by atoms with Crippen LogP contribution in [0, 0.1) is 10.1 Å². The van der Waals surface area contributed by atoms with Crippen LogP contribution >= 0.6 is 0 Å². The molecule has 0 aromatic heterocycles. The smallest absolute Gasteiger partial charge is 0.269 e. The zero-order chi connectivity index (χ0) is 10.4. The van der Waals surface area contributed by atoms with Crippen molar-refractivity contribution in [1.29, 1.82) is 0 Å². The first-order valence-electron chi connectivity index (χ1n) is 3.97. The number of rotatable bonds is 4. The third-order valence-corrected chi connectivity index (χ3v) is 1.45. The highest BCUT2D eigenvalue weighted by Crippen LogP contribution is 2.17. The lowest BCUT2D eigenvalue weighted by molar-refractivity contribution is -0.384. The molecule has 0 amide bonds. The molecule has 1 N–H and O–H groups in total. The number of nitrogens with zero attached hydrogens (tertiary/aromatic N) is 3. The zero-order valence-corrected chi connectivity index (χ0v) is 7.33. The summed E-state index contributed by atoms with van der Waals surface area (Å²) in [7, 11) is 0. The van der Waals surface area contributed by atoms with E-state index in [1.165, 1.54) is 24.3 Å². The van der Waals surface area contributed by atoms with Crippen molar-refractivity contribution < 1.29 is 10.0 Å². The Morgan fingerprint density at radius 3 is 2.50 bits per heavy atom. The standard InChI is InChI=1S/C8H9N3O3/c12-6-5-9-10-7-1-3-8(4-2-7)11(13)14/h1-4,12H,5-6H2. The van der Waals surface area contributed by atoms with Crippen LogP contribution in [0.15, 0.2) is 34.5 Å². The van der Waals surface area contributed by atoms with Gasteiger partial charge >= 0.3 is 0 Å². The van der Waals surface area contributed by atoms with Crippen molar-refractivity contribution in [3.05, 3.63) is 34.4 Å². The number of benzene rings is 1. The fourth-order valence-corrected chi connectivity index (χ4v) is 0.817. The Kier molecular flexibility index (Phi) is 3.69. The number of azo groups is 1. The molecule has 1 rings (SSSR count). The molecular weight excluding hydrogens is 186 g/mol. The summed E-state index contributed by atoms with van der Waals surface area (Å²) < 4.78 is 0. The van der Waals surface area contributed by atoms with E-state index in [1.54, 1.807) is 0 Å². The SMILES string of the molecule is O=[N+]([O-])c1ccc(N=NCCO)cc1. The van der Waals surface area contributed by atoms with Gasteiger partial charge in [-0.05, 0) is 12.1 Å². The zero-order valence-electron chi connectivity index (χ0n) is 7.33. The summed E-state index contributed by atoms with van der Waals surface area (Å²) in [4.78, 5) is 9.81. The van der Waals surface area contributed by atoms with Gasteiger partial charge in [0.05, 0.1) is 23.8 Å². The Labute approximate surface area is 80.1 Å². The van der Waals surface area contributed by atoms with Crippen LogP contribution in [-0.4, -0.2) is 23.2 Å². The van der Waals surface area contributed by atoms with E-state index in [0.717, 1.165) is 0 Å². The molecule has 0 aliphatic carbocycles. The Bertz CT molecular complexity index is 334. The Morgan fingerprint density at radius 1 is 1.36 bits per heavy atom. The normalized spacial score (nSPS) is 10.6. The maximum Gasteiger partial charge on any atom is 0.269 e. The molecule has 0 unspecified atom stereocenters. The molecule has 14 heavy (non-hydrogen) atoms. The first-order chi connectivity index (χ1) is 6.74. The van der Waals surface area contributed by atoms with E-state index >= 15 is 0 Å².